The Morgan fingerprint density at radius 3 is 2.56 bits per heavy atom. The van der Waals surface area contributed by atoms with Gasteiger partial charge in [-0.25, -0.2) is 0 Å². The van der Waals surface area contributed by atoms with Crippen LogP contribution in [0.25, 0.3) is 5.76 Å². The second kappa shape index (κ2) is 7.28. The molecule has 0 bridgehead atoms. The van der Waals surface area contributed by atoms with E-state index in [-0.39, 0.29) is 11.3 Å². The number of hydrogen-bond acceptors (Lipinski definition) is 6. The number of aromatic nitrogens is 2. The van der Waals surface area contributed by atoms with Gasteiger partial charge in [0.2, 0.25) is 0 Å². The SMILES string of the molecule is Cc1nn(C)c(C)c1C(O)=C1C(=O)C(=O)N(CCN(C)C)[C@H]1c1cccs1. The normalized spacial score (nSPS) is 19.5. The number of aliphatic hydroxyl groups excluding tert-OH is 1. The molecule has 1 aliphatic heterocycles. The van der Waals surface area contributed by atoms with Gasteiger partial charge in [-0.15, -0.1) is 11.3 Å². The van der Waals surface area contributed by atoms with Crippen molar-refractivity contribution < 1.29 is 14.7 Å². The van der Waals surface area contributed by atoms with E-state index in [0.29, 0.717) is 24.3 Å². The van der Waals surface area contributed by atoms with Gasteiger partial charge in [0.1, 0.15) is 5.76 Å². The van der Waals surface area contributed by atoms with Crippen LogP contribution in [0.15, 0.2) is 23.1 Å². The lowest BCUT2D eigenvalue weighted by atomic mass is 9.99. The molecule has 1 aliphatic rings. The van der Waals surface area contributed by atoms with E-state index >= 15 is 0 Å². The maximum Gasteiger partial charge on any atom is 0.295 e. The maximum absolute atomic E-state index is 12.9. The molecule has 0 spiro atoms. The van der Waals surface area contributed by atoms with Gasteiger partial charge in [0.05, 0.1) is 22.9 Å². The fourth-order valence-electron chi connectivity index (χ4n) is 3.41. The predicted molar refractivity (Wildman–Crippen MR) is 105 cm³/mol. The predicted octanol–water partition coefficient (Wildman–Crippen LogP) is 2.08. The second-order valence-corrected chi connectivity index (χ2v) is 7.96. The molecule has 3 rings (SSSR count). The number of hydrogen-bond donors (Lipinski definition) is 1. The van der Waals surface area contributed by atoms with Gasteiger partial charge in [0.15, 0.2) is 0 Å². The summed E-state index contributed by atoms with van der Waals surface area (Å²) in [7, 11) is 5.61. The van der Waals surface area contributed by atoms with E-state index < -0.39 is 17.7 Å². The minimum atomic E-state index is -0.646. The van der Waals surface area contributed by atoms with Crippen molar-refractivity contribution in [1.82, 2.24) is 19.6 Å². The first-order valence-corrected chi connectivity index (χ1v) is 9.59. The lowest BCUT2D eigenvalue weighted by Crippen LogP contribution is -2.35. The highest BCUT2D eigenvalue weighted by molar-refractivity contribution is 7.10. The number of thiophene rings is 1. The Bertz CT molecular complexity index is 912. The molecule has 1 N–H and O–H groups in total. The van der Waals surface area contributed by atoms with Crippen LogP contribution >= 0.6 is 11.3 Å². The number of aryl methyl sites for hydroxylation is 2. The zero-order valence-electron chi connectivity index (χ0n) is 16.2. The summed E-state index contributed by atoms with van der Waals surface area (Å²) in [5.74, 6) is -1.37. The minimum absolute atomic E-state index is 0.139. The molecule has 2 aromatic heterocycles. The molecule has 0 radical (unpaired) electrons. The molecule has 0 unspecified atom stereocenters. The molecular formula is C19H24N4O3S. The van der Waals surface area contributed by atoms with Crippen LogP contribution in [0, 0.1) is 13.8 Å². The Morgan fingerprint density at radius 2 is 2.04 bits per heavy atom. The average molecular weight is 388 g/mol. The van der Waals surface area contributed by atoms with E-state index in [4.69, 9.17) is 0 Å². The zero-order chi connectivity index (χ0) is 19.9. The van der Waals surface area contributed by atoms with Crippen molar-refractivity contribution in [1.29, 1.82) is 0 Å². The first-order chi connectivity index (χ1) is 12.7. The van der Waals surface area contributed by atoms with Gasteiger partial charge in [-0.1, -0.05) is 6.07 Å². The van der Waals surface area contributed by atoms with Gasteiger partial charge in [0.25, 0.3) is 11.7 Å². The second-order valence-electron chi connectivity index (χ2n) is 6.98. The number of amides is 1. The van der Waals surface area contributed by atoms with E-state index in [2.05, 4.69) is 5.10 Å². The lowest BCUT2D eigenvalue weighted by molar-refractivity contribution is -0.140. The Hall–Kier alpha value is -2.45. The molecule has 27 heavy (non-hydrogen) atoms. The number of carbonyl (C=O) groups excluding carboxylic acids is 2. The van der Waals surface area contributed by atoms with Crippen molar-refractivity contribution in [3.8, 4) is 0 Å². The summed E-state index contributed by atoms with van der Waals surface area (Å²) in [6.45, 7) is 4.64. The minimum Gasteiger partial charge on any atom is -0.507 e. The molecule has 1 fully saturated rings. The van der Waals surface area contributed by atoms with Crippen molar-refractivity contribution in [3.05, 3.63) is 44.9 Å². The lowest BCUT2D eigenvalue weighted by Gasteiger charge is -2.25. The first kappa shape index (κ1) is 19.3. The van der Waals surface area contributed by atoms with Crippen LogP contribution in [0.4, 0.5) is 0 Å². The van der Waals surface area contributed by atoms with Crippen molar-refractivity contribution in [2.45, 2.75) is 19.9 Å². The molecule has 1 amide bonds. The highest BCUT2D eigenvalue weighted by atomic mass is 32.1. The molecule has 0 saturated carbocycles. The Kier molecular flexibility index (Phi) is 5.21. The Labute approximate surface area is 162 Å². The van der Waals surface area contributed by atoms with Crippen LogP contribution in [0.3, 0.4) is 0 Å². The van der Waals surface area contributed by atoms with Gasteiger partial charge in [0, 0.05) is 30.7 Å². The number of Topliss-reactive ketones (excluding diaryl/α,β-unsaturated/α-hetero) is 1. The van der Waals surface area contributed by atoms with Gasteiger partial charge in [-0.2, -0.15) is 5.10 Å². The molecule has 0 aromatic carbocycles. The quantitative estimate of drug-likeness (QED) is 0.482. The summed E-state index contributed by atoms with van der Waals surface area (Å²) in [4.78, 5) is 30.0. The number of nitrogens with zero attached hydrogens (tertiary/aromatic N) is 4. The molecule has 7 nitrogen and oxygen atoms in total. The van der Waals surface area contributed by atoms with Crippen molar-refractivity contribution >= 4 is 28.8 Å². The fourth-order valence-corrected chi connectivity index (χ4v) is 4.26. The van der Waals surface area contributed by atoms with Crippen LogP contribution in [-0.2, 0) is 16.6 Å². The van der Waals surface area contributed by atoms with Gasteiger partial charge >= 0.3 is 0 Å². The Morgan fingerprint density at radius 1 is 1.33 bits per heavy atom. The van der Waals surface area contributed by atoms with Crippen LogP contribution in [0.1, 0.15) is 27.9 Å². The number of rotatable bonds is 5. The van der Waals surface area contributed by atoms with Crippen LogP contribution in [0.5, 0.6) is 0 Å². The number of ketones is 1. The van der Waals surface area contributed by atoms with E-state index in [1.165, 1.54) is 11.3 Å². The van der Waals surface area contributed by atoms with Crippen molar-refractivity contribution in [2.24, 2.45) is 7.05 Å². The first-order valence-electron chi connectivity index (χ1n) is 8.71. The van der Waals surface area contributed by atoms with E-state index in [9.17, 15) is 14.7 Å². The standard InChI is InChI=1S/C19H24N4O3S/c1-11-14(12(2)22(5)20-11)17(24)15-16(13-7-6-10-27-13)23(9-8-21(3)4)19(26)18(15)25/h6-7,10,16,24H,8-9H2,1-5H3/t16-/m0/s1. The third-order valence-electron chi connectivity index (χ3n) is 4.89. The van der Waals surface area contributed by atoms with Crippen LogP contribution < -0.4 is 0 Å². The zero-order valence-corrected chi connectivity index (χ0v) is 17.0. The molecule has 2 aromatic rings. The topological polar surface area (TPSA) is 78.7 Å². The van der Waals surface area contributed by atoms with E-state index in [1.807, 2.05) is 43.4 Å². The Balaban J connectivity index is 2.17. The molecule has 144 valence electrons. The van der Waals surface area contributed by atoms with Crippen molar-refractivity contribution in [2.75, 3.05) is 27.2 Å². The summed E-state index contributed by atoms with van der Waals surface area (Å²) in [6.07, 6.45) is 0. The maximum atomic E-state index is 12.9. The summed E-state index contributed by atoms with van der Waals surface area (Å²) in [6, 6.07) is 3.19. The molecular weight excluding hydrogens is 364 g/mol. The van der Waals surface area contributed by atoms with Crippen LogP contribution in [0.2, 0.25) is 0 Å². The fraction of sp³-hybridized carbons (Fsp3) is 0.421. The number of aliphatic hydroxyl groups is 1. The molecule has 0 aliphatic carbocycles. The largest absolute Gasteiger partial charge is 0.507 e. The number of carbonyl (C=O) groups is 2. The smallest absolute Gasteiger partial charge is 0.295 e. The van der Waals surface area contributed by atoms with Gasteiger partial charge in [-0.3, -0.25) is 14.3 Å². The van der Waals surface area contributed by atoms with Gasteiger partial charge in [-0.05, 0) is 39.4 Å². The summed E-state index contributed by atoms with van der Waals surface area (Å²) in [5.41, 5.74) is 2.02. The molecule has 3 heterocycles. The number of likely N-dealkylation sites (tertiary alicyclic amines) is 1. The molecule has 8 heteroatoms. The summed E-state index contributed by atoms with van der Waals surface area (Å²) >= 11 is 1.47. The average Bonchev–Trinajstić information content (AvgIpc) is 3.26. The summed E-state index contributed by atoms with van der Waals surface area (Å²) in [5, 5.41) is 17.3. The highest BCUT2D eigenvalue weighted by Crippen LogP contribution is 2.41. The third-order valence-corrected chi connectivity index (χ3v) is 5.81. The molecule has 1 atom stereocenters. The monoisotopic (exact) mass is 388 g/mol. The molecule has 1 saturated heterocycles. The summed E-state index contributed by atoms with van der Waals surface area (Å²) < 4.78 is 1.66. The van der Waals surface area contributed by atoms with E-state index in [0.717, 1.165) is 10.6 Å². The van der Waals surface area contributed by atoms with Gasteiger partial charge < -0.3 is 14.9 Å². The van der Waals surface area contributed by atoms with Crippen LogP contribution in [-0.4, -0.2) is 63.6 Å². The highest BCUT2D eigenvalue weighted by Gasteiger charge is 2.46. The van der Waals surface area contributed by atoms with Crippen molar-refractivity contribution in [3.63, 3.8) is 0 Å². The van der Waals surface area contributed by atoms with E-state index in [1.54, 1.807) is 23.6 Å². The number of likely N-dealkylation sites (N-methyl/N-ethyl adjacent to an activating group) is 1. The third kappa shape index (κ3) is 3.30.